The molecule has 4 rings (SSSR count). The third-order valence-electron chi connectivity index (χ3n) is 4.67. The van der Waals surface area contributed by atoms with E-state index in [4.69, 9.17) is 4.98 Å². The lowest BCUT2D eigenvalue weighted by Crippen LogP contribution is -2.24. The van der Waals surface area contributed by atoms with Gasteiger partial charge in [-0.2, -0.15) is 0 Å². The van der Waals surface area contributed by atoms with Crippen LogP contribution in [0.4, 0.5) is 0 Å². The molecule has 0 aliphatic rings. The van der Waals surface area contributed by atoms with Crippen LogP contribution in [0.1, 0.15) is 18.1 Å². The quantitative estimate of drug-likeness (QED) is 0.541. The highest BCUT2D eigenvalue weighted by Crippen LogP contribution is 2.21. The first-order chi connectivity index (χ1) is 12.8. The van der Waals surface area contributed by atoms with Gasteiger partial charge >= 0.3 is 0 Å². The molecule has 0 saturated carbocycles. The molecule has 0 aliphatic carbocycles. The van der Waals surface area contributed by atoms with E-state index < -0.39 is 0 Å². The molecule has 0 saturated heterocycles. The highest BCUT2D eigenvalue weighted by Gasteiger charge is 2.13. The minimum Gasteiger partial charge on any atom is -0.288 e. The molecule has 0 spiro atoms. The largest absolute Gasteiger partial charge is 0.288 e. The van der Waals surface area contributed by atoms with Gasteiger partial charge in [-0.05, 0) is 29.7 Å². The summed E-state index contributed by atoms with van der Waals surface area (Å²) in [5.74, 6) is 0.709. The predicted octanol–water partition coefficient (Wildman–Crippen LogP) is 4.67. The predicted molar refractivity (Wildman–Crippen MR) is 106 cm³/mol. The average Bonchev–Trinajstić information content (AvgIpc) is 2.71. The highest BCUT2D eigenvalue weighted by atomic mass is 16.1. The van der Waals surface area contributed by atoms with Crippen LogP contribution in [0, 0.1) is 0 Å². The zero-order valence-corrected chi connectivity index (χ0v) is 14.7. The molecular formula is C23H20N2O. The molecular weight excluding hydrogens is 320 g/mol. The molecule has 0 bridgehead atoms. The summed E-state index contributed by atoms with van der Waals surface area (Å²) in [6, 6.07) is 25.9. The van der Waals surface area contributed by atoms with Crippen molar-refractivity contribution in [1.29, 1.82) is 0 Å². The molecule has 1 aromatic heterocycles. The Morgan fingerprint density at radius 3 is 2.23 bits per heavy atom. The van der Waals surface area contributed by atoms with E-state index in [0.717, 1.165) is 23.1 Å². The second-order valence-corrected chi connectivity index (χ2v) is 6.38. The minimum atomic E-state index is -0.00554. The van der Waals surface area contributed by atoms with Crippen molar-refractivity contribution in [3.05, 3.63) is 100 Å². The summed E-state index contributed by atoms with van der Waals surface area (Å²) in [4.78, 5) is 18.0. The minimum absolute atomic E-state index is 0.00554. The fourth-order valence-electron chi connectivity index (χ4n) is 3.19. The van der Waals surface area contributed by atoms with Crippen molar-refractivity contribution < 1.29 is 0 Å². The third-order valence-corrected chi connectivity index (χ3v) is 4.67. The molecule has 0 radical (unpaired) electrons. The summed E-state index contributed by atoms with van der Waals surface area (Å²) >= 11 is 0. The van der Waals surface area contributed by atoms with E-state index in [0.29, 0.717) is 17.8 Å². The van der Waals surface area contributed by atoms with E-state index in [-0.39, 0.29) is 5.56 Å². The summed E-state index contributed by atoms with van der Waals surface area (Å²) < 4.78 is 1.78. The van der Waals surface area contributed by atoms with E-state index in [1.165, 1.54) is 5.56 Å². The van der Waals surface area contributed by atoms with Crippen molar-refractivity contribution in [2.75, 3.05) is 0 Å². The molecule has 0 N–H and O–H groups in total. The topological polar surface area (TPSA) is 34.9 Å². The van der Waals surface area contributed by atoms with Gasteiger partial charge in [-0.15, -0.1) is 0 Å². The van der Waals surface area contributed by atoms with Crippen molar-refractivity contribution in [3.8, 4) is 11.4 Å². The second kappa shape index (κ2) is 6.96. The first-order valence-electron chi connectivity index (χ1n) is 8.89. The Balaban J connectivity index is 1.94. The van der Waals surface area contributed by atoms with E-state index in [2.05, 4.69) is 31.2 Å². The lowest BCUT2D eigenvalue weighted by molar-refractivity contribution is 0.759. The van der Waals surface area contributed by atoms with Crippen LogP contribution in [-0.2, 0) is 13.0 Å². The lowest BCUT2D eigenvalue weighted by atomic mass is 10.1. The number of para-hydroxylation sites is 1. The Morgan fingerprint density at radius 2 is 1.50 bits per heavy atom. The van der Waals surface area contributed by atoms with Crippen LogP contribution < -0.4 is 5.56 Å². The van der Waals surface area contributed by atoms with Crippen LogP contribution in [0.5, 0.6) is 0 Å². The number of aryl methyl sites for hydroxylation is 1. The molecule has 128 valence electrons. The van der Waals surface area contributed by atoms with Gasteiger partial charge in [-0.1, -0.05) is 73.7 Å². The average molecular weight is 340 g/mol. The highest BCUT2D eigenvalue weighted by molar-refractivity contribution is 5.79. The van der Waals surface area contributed by atoms with E-state index in [1.54, 1.807) is 4.57 Å². The van der Waals surface area contributed by atoms with Gasteiger partial charge in [0.15, 0.2) is 0 Å². The summed E-state index contributed by atoms with van der Waals surface area (Å²) in [6.07, 6.45) is 0.988. The van der Waals surface area contributed by atoms with Crippen molar-refractivity contribution in [2.24, 2.45) is 0 Å². The Labute approximate surface area is 152 Å². The number of fused-ring (bicyclic) bond motifs is 1. The van der Waals surface area contributed by atoms with E-state index in [1.807, 2.05) is 54.6 Å². The Kier molecular flexibility index (Phi) is 4.36. The number of hydrogen-bond acceptors (Lipinski definition) is 2. The first kappa shape index (κ1) is 16.3. The van der Waals surface area contributed by atoms with Crippen molar-refractivity contribution in [2.45, 2.75) is 19.9 Å². The molecule has 3 heteroatoms. The number of rotatable bonds is 4. The third kappa shape index (κ3) is 3.04. The molecule has 3 aromatic carbocycles. The maximum Gasteiger partial charge on any atom is 0.261 e. The van der Waals surface area contributed by atoms with Gasteiger partial charge in [0.1, 0.15) is 5.82 Å². The van der Waals surface area contributed by atoms with Crippen molar-refractivity contribution >= 4 is 10.9 Å². The zero-order valence-electron chi connectivity index (χ0n) is 14.7. The van der Waals surface area contributed by atoms with Gasteiger partial charge in [0.2, 0.25) is 0 Å². The molecule has 0 fully saturated rings. The van der Waals surface area contributed by atoms with Gasteiger partial charge in [0.05, 0.1) is 17.4 Å². The Hall–Kier alpha value is -3.20. The van der Waals surface area contributed by atoms with Crippen LogP contribution in [0.25, 0.3) is 22.3 Å². The van der Waals surface area contributed by atoms with Crippen LogP contribution in [0.2, 0.25) is 0 Å². The van der Waals surface area contributed by atoms with Crippen LogP contribution in [0.15, 0.2) is 83.7 Å². The lowest BCUT2D eigenvalue weighted by Gasteiger charge is -2.14. The maximum atomic E-state index is 13.2. The van der Waals surface area contributed by atoms with Crippen LogP contribution >= 0.6 is 0 Å². The number of nitrogens with zero attached hydrogens (tertiary/aromatic N) is 2. The Morgan fingerprint density at radius 1 is 0.808 bits per heavy atom. The molecule has 0 unspecified atom stereocenters. The van der Waals surface area contributed by atoms with Crippen molar-refractivity contribution in [1.82, 2.24) is 9.55 Å². The van der Waals surface area contributed by atoms with E-state index in [9.17, 15) is 4.79 Å². The molecule has 26 heavy (non-hydrogen) atoms. The molecule has 1 heterocycles. The second-order valence-electron chi connectivity index (χ2n) is 6.38. The molecule has 0 aliphatic heterocycles. The van der Waals surface area contributed by atoms with Gasteiger partial charge in [0, 0.05) is 5.56 Å². The fourth-order valence-corrected chi connectivity index (χ4v) is 3.19. The summed E-state index contributed by atoms with van der Waals surface area (Å²) in [7, 11) is 0. The fraction of sp³-hybridized carbons (Fsp3) is 0.130. The number of aromatic nitrogens is 2. The maximum absolute atomic E-state index is 13.2. The SMILES string of the molecule is CCc1ccc(-c2nc3ccccc3c(=O)n2Cc2ccccc2)cc1. The zero-order chi connectivity index (χ0) is 17.9. The van der Waals surface area contributed by atoms with Crippen molar-refractivity contribution in [3.63, 3.8) is 0 Å². The van der Waals surface area contributed by atoms with E-state index >= 15 is 0 Å². The van der Waals surface area contributed by atoms with Gasteiger partial charge in [-0.25, -0.2) is 4.98 Å². The van der Waals surface area contributed by atoms with Gasteiger partial charge in [-0.3, -0.25) is 9.36 Å². The normalized spacial score (nSPS) is 11.0. The van der Waals surface area contributed by atoms with Crippen LogP contribution in [0.3, 0.4) is 0 Å². The van der Waals surface area contributed by atoms with Gasteiger partial charge < -0.3 is 0 Å². The first-order valence-corrected chi connectivity index (χ1v) is 8.89. The number of hydrogen-bond donors (Lipinski definition) is 0. The summed E-state index contributed by atoms with van der Waals surface area (Å²) in [5.41, 5.74) is 4.04. The monoisotopic (exact) mass is 340 g/mol. The molecule has 0 atom stereocenters. The standard InChI is InChI=1S/C23H20N2O/c1-2-17-12-14-19(15-13-17)22-24-21-11-7-6-10-20(21)23(26)25(22)16-18-8-4-3-5-9-18/h3-15H,2,16H2,1H3. The smallest absolute Gasteiger partial charge is 0.261 e. The molecule has 3 nitrogen and oxygen atoms in total. The Bertz CT molecular complexity index is 1100. The van der Waals surface area contributed by atoms with Crippen LogP contribution in [-0.4, -0.2) is 9.55 Å². The number of benzene rings is 3. The van der Waals surface area contributed by atoms with Gasteiger partial charge in [0.25, 0.3) is 5.56 Å². The molecule has 0 amide bonds. The molecule has 4 aromatic rings. The summed E-state index contributed by atoms with van der Waals surface area (Å²) in [5, 5.41) is 0.650. The summed E-state index contributed by atoms with van der Waals surface area (Å²) in [6.45, 7) is 2.64.